The molecule has 0 saturated carbocycles. The Hall–Kier alpha value is -2.96. The number of halogens is 1. The summed E-state index contributed by atoms with van der Waals surface area (Å²) in [6.07, 6.45) is 0.716. The molecule has 33 heavy (non-hydrogen) atoms. The molecule has 1 fully saturated rings. The molecule has 0 aliphatic carbocycles. The van der Waals surface area contributed by atoms with E-state index in [4.69, 9.17) is 9.84 Å². The van der Waals surface area contributed by atoms with Gasteiger partial charge < -0.3 is 4.74 Å². The summed E-state index contributed by atoms with van der Waals surface area (Å²) in [5, 5.41) is 7.25. The lowest BCUT2D eigenvalue weighted by Crippen LogP contribution is -2.60. The van der Waals surface area contributed by atoms with E-state index < -0.39 is 5.54 Å². The van der Waals surface area contributed by atoms with E-state index in [2.05, 4.69) is 57.2 Å². The van der Waals surface area contributed by atoms with Crippen molar-refractivity contribution < 1.29 is 9.53 Å². The molecule has 2 aliphatic rings. The van der Waals surface area contributed by atoms with Gasteiger partial charge in [-0.3, -0.25) is 14.7 Å². The van der Waals surface area contributed by atoms with Crippen molar-refractivity contribution >= 4 is 33.3 Å². The van der Waals surface area contributed by atoms with E-state index in [9.17, 15) is 4.79 Å². The van der Waals surface area contributed by atoms with Crippen molar-refractivity contribution in [2.24, 2.45) is 11.0 Å². The first-order valence-electron chi connectivity index (χ1n) is 11.3. The predicted molar refractivity (Wildman–Crippen MR) is 134 cm³/mol. The maximum Gasteiger partial charge on any atom is 0.311 e. The molecule has 0 unspecified atom stereocenters. The number of hydrazone groups is 1. The van der Waals surface area contributed by atoms with E-state index in [1.165, 1.54) is 0 Å². The van der Waals surface area contributed by atoms with Crippen LogP contribution in [0.4, 0.5) is 5.69 Å². The normalized spacial score (nSPS) is 22.5. The van der Waals surface area contributed by atoms with Gasteiger partial charge in [0.05, 0.1) is 30.6 Å². The lowest BCUT2D eigenvalue weighted by molar-refractivity contribution is -0.150. The first-order chi connectivity index (χ1) is 16.1. The van der Waals surface area contributed by atoms with E-state index in [1.807, 2.05) is 60.5 Å². The fourth-order valence-corrected chi connectivity index (χ4v) is 5.41. The van der Waals surface area contributed by atoms with Crippen molar-refractivity contribution in [3.05, 3.63) is 101 Å². The molecule has 168 valence electrons. The van der Waals surface area contributed by atoms with Crippen molar-refractivity contribution in [2.45, 2.75) is 18.9 Å². The summed E-state index contributed by atoms with van der Waals surface area (Å²) in [5.74, 6) is -0.504. The molecule has 3 aromatic rings. The molecular formula is C27H26BrN3O2. The van der Waals surface area contributed by atoms with Gasteiger partial charge in [-0.15, -0.1) is 0 Å². The molecule has 0 spiro atoms. The van der Waals surface area contributed by atoms with Crippen LogP contribution in [0, 0.1) is 5.92 Å². The number of ether oxygens (including phenoxy) is 1. The van der Waals surface area contributed by atoms with E-state index >= 15 is 0 Å². The van der Waals surface area contributed by atoms with Gasteiger partial charge in [-0.05, 0) is 43.2 Å². The van der Waals surface area contributed by atoms with Gasteiger partial charge >= 0.3 is 5.97 Å². The first-order valence-corrected chi connectivity index (χ1v) is 12.1. The van der Waals surface area contributed by atoms with Gasteiger partial charge in [0.1, 0.15) is 5.54 Å². The molecule has 0 amide bonds. The topological polar surface area (TPSA) is 45.1 Å². The maximum absolute atomic E-state index is 13.3. The highest BCUT2D eigenvalue weighted by molar-refractivity contribution is 9.10. The number of anilines is 1. The standard InChI is InChI=1S/C27H26BrN3O2/c1-2-33-26(32)24-17-18-30-19-31(23-15-13-22(28)14-16-23)29-25(20-9-5-3-6-10-20)27(24,30)21-11-7-4-8-12-21/h3-16,24H,2,17-19H2,1H3/t24-,27+/m0/s1. The van der Waals surface area contributed by atoms with Gasteiger partial charge in [-0.25, -0.2) is 0 Å². The summed E-state index contributed by atoms with van der Waals surface area (Å²) in [6.45, 7) is 3.59. The molecule has 3 aromatic carbocycles. The molecule has 0 N–H and O–H groups in total. The van der Waals surface area contributed by atoms with Gasteiger partial charge in [0, 0.05) is 16.6 Å². The lowest BCUT2D eigenvalue weighted by atomic mass is 9.72. The van der Waals surface area contributed by atoms with E-state index in [-0.39, 0.29) is 11.9 Å². The third kappa shape index (κ3) is 3.77. The minimum atomic E-state index is -0.694. The van der Waals surface area contributed by atoms with Crippen molar-refractivity contribution in [1.29, 1.82) is 0 Å². The second-order valence-corrected chi connectivity index (χ2v) is 9.24. The van der Waals surface area contributed by atoms with Crippen LogP contribution in [0.5, 0.6) is 0 Å². The summed E-state index contributed by atoms with van der Waals surface area (Å²) in [5.41, 5.74) is 3.26. The highest BCUT2D eigenvalue weighted by Gasteiger charge is 2.59. The van der Waals surface area contributed by atoms with Crippen LogP contribution in [0.25, 0.3) is 0 Å². The summed E-state index contributed by atoms with van der Waals surface area (Å²) in [4.78, 5) is 15.7. The second-order valence-electron chi connectivity index (χ2n) is 8.32. The number of benzene rings is 3. The number of carbonyl (C=O) groups excluding carboxylic acids is 1. The first kappa shape index (κ1) is 21.9. The molecule has 5 nitrogen and oxygen atoms in total. The van der Waals surface area contributed by atoms with Crippen molar-refractivity contribution in [1.82, 2.24) is 4.90 Å². The Morgan fingerprint density at radius 1 is 1.03 bits per heavy atom. The minimum absolute atomic E-state index is 0.162. The number of nitrogens with zero attached hydrogens (tertiary/aromatic N) is 3. The molecule has 6 heteroatoms. The second kappa shape index (κ2) is 9.12. The number of carbonyl (C=O) groups is 1. The van der Waals surface area contributed by atoms with E-state index in [0.29, 0.717) is 19.7 Å². The molecule has 0 bridgehead atoms. The third-order valence-electron chi connectivity index (χ3n) is 6.53. The van der Waals surface area contributed by atoms with E-state index in [1.54, 1.807) is 0 Å². The van der Waals surface area contributed by atoms with Gasteiger partial charge in [0.2, 0.25) is 0 Å². The molecular weight excluding hydrogens is 478 g/mol. The van der Waals surface area contributed by atoms with Crippen LogP contribution in [0.15, 0.2) is 94.5 Å². The Morgan fingerprint density at radius 2 is 1.70 bits per heavy atom. The van der Waals surface area contributed by atoms with Crippen LogP contribution >= 0.6 is 15.9 Å². The number of hydrogen-bond donors (Lipinski definition) is 0. The van der Waals surface area contributed by atoms with Gasteiger partial charge in [0.25, 0.3) is 0 Å². The summed E-state index contributed by atoms with van der Waals surface area (Å²) in [7, 11) is 0. The van der Waals surface area contributed by atoms with Crippen molar-refractivity contribution in [3.63, 3.8) is 0 Å². The molecule has 0 aromatic heterocycles. The monoisotopic (exact) mass is 503 g/mol. The SMILES string of the molecule is CCOC(=O)[C@@H]1CCN2CN(c3ccc(Br)cc3)N=C(c3ccccc3)[C@@]12c1ccccc1. The van der Waals surface area contributed by atoms with Crippen molar-refractivity contribution in [3.8, 4) is 0 Å². The average Bonchev–Trinajstić information content (AvgIpc) is 3.26. The maximum atomic E-state index is 13.3. The van der Waals surface area contributed by atoms with Crippen LogP contribution < -0.4 is 5.01 Å². The molecule has 2 heterocycles. The molecule has 0 radical (unpaired) electrons. The van der Waals surface area contributed by atoms with E-state index in [0.717, 1.165) is 33.5 Å². The highest BCUT2D eigenvalue weighted by atomic mass is 79.9. The smallest absolute Gasteiger partial charge is 0.311 e. The predicted octanol–water partition coefficient (Wildman–Crippen LogP) is 5.41. The Kier molecular flexibility index (Phi) is 6.04. The Bertz CT molecular complexity index is 1150. The summed E-state index contributed by atoms with van der Waals surface area (Å²) in [6, 6.07) is 28.7. The zero-order valence-corrected chi connectivity index (χ0v) is 20.1. The highest BCUT2D eigenvalue weighted by Crippen LogP contribution is 2.49. The molecule has 2 atom stereocenters. The zero-order chi connectivity index (χ0) is 22.8. The van der Waals surface area contributed by atoms with Crippen molar-refractivity contribution in [2.75, 3.05) is 24.8 Å². The number of rotatable bonds is 5. The van der Waals surface area contributed by atoms with Gasteiger partial charge in [0.15, 0.2) is 0 Å². The Morgan fingerprint density at radius 3 is 2.36 bits per heavy atom. The number of esters is 1. The van der Waals surface area contributed by atoms with Crippen LogP contribution in [-0.2, 0) is 15.1 Å². The average molecular weight is 504 g/mol. The van der Waals surface area contributed by atoms with Gasteiger partial charge in [-0.2, -0.15) is 5.10 Å². The van der Waals surface area contributed by atoms with Crippen LogP contribution in [0.3, 0.4) is 0 Å². The fourth-order valence-electron chi connectivity index (χ4n) is 5.15. The minimum Gasteiger partial charge on any atom is -0.466 e. The molecule has 5 rings (SSSR count). The van der Waals surface area contributed by atoms with Crippen LogP contribution in [0.1, 0.15) is 24.5 Å². The Labute approximate surface area is 202 Å². The zero-order valence-electron chi connectivity index (χ0n) is 18.5. The molecule has 2 aliphatic heterocycles. The van der Waals surface area contributed by atoms with Crippen LogP contribution in [0.2, 0.25) is 0 Å². The summed E-state index contributed by atoms with van der Waals surface area (Å²) < 4.78 is 6.62. The number of hydrogen-bond acceptors (Lipinski definition) is 5. The number of fused-ring (bicyclic) bond motifs is 1. The summed E-state index contributed by atoms with van der Waals surface area (Å²) >= 11 is 3.52. The third-order valence-corrected chi connectivity index (χ3v) is 7.06. The Balaban J connectivity index is 1.74. The lowest BCUT2D eigenvalue weighted by Gasteiger charge is -2.48. The fraction of sp³-hybridized carbons (Fsp3) is 0.259. The van der Waals surface area contributed by atoms with Crippen LogP contribution in [-0.4, -0.2) is 36.4 Å². The largest absolute Gasteiger partial charge is 0.466 e. The van der Waals surface area contributed by atoms with Gasteiger partial charge in [-0.1, -0.05) is 76.6 Å². The quantitative estimate of drug-likeness (QED) is 0.436. The molecule has 1 saturated heterocycles.